The van der Waals surface area contributed by atoms with Crippen molar-refractivity contribution in [1.29, 1.82) is 0 Å². The number of ether oxygens (including phenoxy) is 1. The molecular weight excluding hydrogens is 148 g/mol. The minimum Gasteiger partial charge on any atom is -0.384 e. The van der Waals surface area contributed by atoms with Crippen LogP contribution in [0.25, 0.3) is 0 Å². The smallest absolute Gasteiger partial charge is 0.0493 e. The van der Waals surface area contributed by atoms with Crippen LogP contribution in [0.4, 0.5) is 0 Å². The molecule has 0 radical (unpaired) electrons. The van der Waals surface area contributed by atoms with Gasteiger partial charge in [-0.1, -0.05) is 27.7 Å². The summed E-state index contributed by atoms with van der Waals surface area (Å²) in [6.07, 6.45) is 1.32. The van der Waals surface area contributed by atoms with Crippen LogP contribution in [0.3, 0.4) is 0 Å². The van der Waals surface area contributed by atoms with Crippen molar-refractivity contribution in [2.24, 2.45) is 23.2 Å². The highest BCUT2D eigenvalue weighted by molar-refractivity contribution is 4.91. The summed E-state index contributed by atoms with van der Waals surface area (Å²) in [5.74, 6) is 2.43. The molecule has 0 bridgehead atoms. The van der Waals surface area contributed by atoms with Crippen molar-refractivity contribution in [2.45, 2.75) is 34.1 Å². The third kappa shape index (κ3) is 1.66. The third-order valence-corrected chi connectivity index (χ3v) is 3.93. The second-order valence-corrected chi connectivity index (χ2v) is 5.06. The molecule has 3 atom stereocenters. The normalized spacial score (nSPS) is 40.2. The molecular formula is C11H22O. The number of rotatable bonds is 2. The van der Waals surface area contributed by atoms with Gasteiger partial charge >= 0.3 is 0 Å². The minimum atomic E-state index is 0.516. The molecule has 12 heavy (non-hydrogen) atoms. The SMILES string of the molecule is COC[C@@H]1CC(C)(C)[C@@H](C)[C@H]1C. The fraction of sp³-hybridized carbons (Fsp3) is 1.00. The standard InChI is InChI=1S/C11H22O/c1-8-9(2)11(3,4)6-10(8)7-12-5/h8-10H,6-7H2,1-5H3/t8-,9+,10+/m1/s1. The molecule has 1 nitrogen and oxygen atoms in total. The maximum absolute atomic E-state index is 5.24. The summed E-state index contributed by atoms with van der Waals surface area (Å²) in [5, 5.41) is 0. The van der Waals surface area contributed by atoms with Crippen LogP contribution in [-0.4, -0.2) is 13.7 Å². The molecule has 1 saturated carbocycles. The summed E-state index contributed by atoms with van der Waals surface area (Å²) in [5.41, 5.74) is 0.516. The third-order valence-electron chi connectivity index (χ3n) is 3.93. The molecule has 0 N–H and O–H groups in total. The minimum absolute atomic E-state index is 0.516. The molecule has 0 spiro atoms. The van der Waals surface area contributed by atoms with Crippen LogP contribution in [0.1, 0.15) is 34.1 Å². The molecule has 0 aromatic heterocycles. The number of hydrogen-bond acceptors (Lipinski definition) is 1. The van der Waals surface area contributed by atoms with E-state index in [1.54, 1.807) is 0 Å². The van der Waals surface area contributed by atoms with Gasteiger partial charge in [-0.3, -0.25) is 0 Å². The summed E-state index contributed by atoms with van der Waals surface area (Å²) in [7, 11) is 1.81. The summed E-state index contributed by atoms with van der Waals surface area (Å²) < 4.78 is 5.24. The van der Waals surface area contributed by atoms with Gasteiger partial charge < -0.3 is 4.74 Å². The molecule has 0 heterocycles. The lowest BCUT2D eigenvalue weighted by molar-refractivity contribution is 0.131. The second kappa shape index (κ2) is 3.37. The average molecular weight is 170 g/mol. The van der Waals surface area contributed by atoms with E-state index in [0.29, 0.717) is 5.41 Å². The molecule has 72 valence electrons. The van der Waals surface area contributed by atoms with Crippen LogP contribution in [0, 0.1) is 23.2 Å². The molecule has 0 amide bonds. The van der Waals surface area contributed by atoms with Gasteiger partial charge in [0.25, 0.3) is 0 Å². The van der Waals surface area contributed by atoms with E-state index in [4.69, 9.17) is 4.74 Å². The van der Waals surface area contributed by atoms with Crippen molar-refractivity contribution < 1.29 is 4.74 Å². The zero-order chi connectivity index (χ0) is 9.35. The van der Waals surface area contributed by atoms with Crippen molar-refractivity contribution in [3.05, 3.63) is 0 Å². The Balaban J connectivity index is 2.61. The second-order valence-electron chi connectivity index (χ2n) is 5.06. The van der Waals surface area contributed by atoms with Crippen molar-refractivity contribution in [2.75, 3.05) is 13.7 Å². The van der Waals surface area contributed by atoms with Crippen LogP contribution >= 0.6 is 0 Å². The molecule has 0 saturated heterocycles. The lowest BCUT2D eigenvalue weighted by atomic mass is 9.81. The first-order valence-electron chi connectivity index (χ1n) is 4.98. The maximum atomic E-state index is 5.24. The summed E-state index contributed by atoms with van der Waals surface area (Å²) in [6, 6.07) is 0. The molecule has 1 rings (SSSR count). The largest absolute Gasteiger partial charge is 0.384 e. The lowest BCUT2D eigenvalue weighted by Gasteiger charge is -2.25. The quantitative estimate of drug-likeness (QED) is 0.619. The van der Waals surface area contributed by atoms with Crippen molar-refractivity contribution in [1.82, 2.24) is 0 Å². The molecule has 0 aromatic rings. The lowest BCUT2D eigenvalue weighted by Crippen LogP contribution is -2.17. The Bertz CT molecular complexity index is 151. The molecule has 1 aliphatic carbocycles. The van der Waals surface area contributed by atoms with Gasteiger partial charge in [0.15, 0.2) is 0 Å². The van der Waals surface area contributed by atoms with E-state index in [-0.39, 0.29) is 0 Å². The fourth-order valence-corrected chi connectivity index (χ4v) is 2.59. The van der Waals surface area contributed by atoms with Gasteiger partial charge in [-0.15, -0.1) is 0 Å². The van der Waals surface area contributed by atoms with Crippen molar-refractivity contribution >= 4 is 0 Å². The Morgan fingerprint density at radius 2 is 1.92 bits per heavy atom. The highest BCUT2D eigenvalue weighted by Gasteiger charge is 2.42. The van der Waals surface area contributed by atoms with Gasteiger partial charge in [0.05, 0.1) is 0 Å². The van der Waals surface area contributed by atoms with Crippen LogP contribution < -0.4 is 0 Å². The first kappa shape index (κ1) is 10.0. The molecule has 0 unspecified atom stereocenters. The zero-order valence-electron chi connectivity index (χ0n) is 9.05. The van der Waals surface area contributed by atoms with Crippen LogP contribution in [0.5, 0.6) is 0 Å². The van der Waals surface area contributed by atoms with Gasteiger partial charge in [-0.25, -0.2) is 0 Å². The van der Waals surface area contributed by atoms with Crippen LogP contribution in [0.2, 0.25) is 0 Å². The van der Waals surface area contributed by atoms with Gasteiger partial charge in [0.1, 0.15) is 0 Å². The van der Waals surface area contributed by atoms with Crippen LogP contribution in [-0.2, 0) is 4.74 Å². The van der Waals surface area contributed by atoms with E-state index in [1.807, 2.05) is 7.11 Å². The Morgan fingerprint density at radius 3 is 2.25 bits per heavy atom. The first-order chi connectivity index (χ1) is 5.49. The monoisotopic (exact) mass is 170 g/mol. The van der Waals surface area contributed by atoms with E-state index in [0.717, 1.165) is 24.4 Å². The van der Waals surface area contributed by atoms with Gasteiger partial charge in [-0.2, -0.15) is 0 Å². The molecule has 0 aromatic carbocycles. The zero-order valence-corrected chi connectivity index (χ0v) is 9.05. The number of methoxy groups -OCH3 is 1. The van der Waals surface area contributed by atoms with Gasteiger partial charge in [0.2, 0.25) is 0 Å². The summed E-state index contributed by atoms with van der Waals surface area (Å²) >= 11 is 0. The van der Waals surface area contributed by atoms with Gasteiger partial charge in [0, 0.05) is 13.7 Å². The van der Waals surface area contributed by atoms with E-state index in [1.165, 1.54) is 6.42 Å². The predicted molar refractivity (Wildman–Crippen MR) is 52.1 cm³/mol. The summed E-state index contributed by atoms with van der Waals surface area (Å²) in [6.45, 7) is 10.4. The Morgan fingerprint density at radius 1 is 1.33 bits per heavy atom. The van der Waals surface area contributed by atoms with Gasteiger partial charge in [-0.05, 0) is 29.6 Å². The van der Waals surface area contributed by atoms with Crippen molar-refractivity contribution in [3.63, 3.8) is 0 Å². The predicted octanol–water partition coefficient (Wildman–Crippen LogP) is 2.95. The van der Waals surface area contributed by atoms with E-state index < -0.39 is 0 Å². The average Bonchev–Trinajstić information content (AvgIpc) is 2.16. The highest BCUT2D eigenvalue weighted by Crippen LogP contribution is 2.49. The van der Waals surface area contributed by atoms with E-state index in [2.05, 4.69) is 27.7 Å². The fourth-order valence-electron chi connectivity index (χ4n) is 2.59. The van der Waals surface area contributed by atoms with Crippen molar-refractivity contribution in [3.8, 4) is 0 Å². The topological polar surface area (TPSA) is 9.23 Å². The highest BCUT2D eigenvalue weighted by atomic mass is 16.5. The Labute approximate surface area is 76.5 Å². The first-order valence-corrected chi connectivity index (χ1v) is 4.98. The van der Waals surface area contributed by atoms with E-state index in [9.17, 15) is 0 Å². The Hall–Kier alpha value is -0.0400. The molecule has 1 fully saturated rings. The molecule has 1 aliphatic rings. The molecule has 1 heteroatoms. The summed E-state index contributed by atoms with van der Waals surface area (Å²) in [4.78, 5) is 0. The Kier molecular flexibility index (Phi) is 2.82. The molecule has 0 aliphatic heterocycles. The van der Waals surface area contributed by atoms with E-state index >= 15 is 0 Å². The number of hydrogen-bond donors (Lipinski definition) is 0. The maximum Gasteiger partial charge on any atom is 0.0493 e. The van der Waals surface area contributed by atoms with Crippen LogP contribution in [0.15, 0.2) is 0 Å².